The Morgan fingerprint density at radius 1 is 0.912 bits per heavy atom. The molecule has 174 valence electrons. The third kappa shape index (κ3) is 7.25. The third-order valence-corrected chi connectivity index (χ3v) is 5.78. The van der Waals surface area contributed by atoms with Crippen LogP contribution in [0.2, 0.25) is 0 Å². The van der Waals surface area contributed by atoms with Crippen LogP contribution in [0.1, 0.15) is 15.9 Å². The fourth-order valence-corrected chi connectivity index (χ4v) is 3.60. The van der Waals surface area contributed by atoms with Gasteiger partial charge >= 0.3 is 0 Å². The number of rotatable bonds is 9. The minimum Gasteiger partial charge on any atom is -0.378 e. The average Bonchev–Trinajstić information content (AvgIpc) is 2.84. The van der Waals surface area contributed by atoms with Gasteiger partial charge in [-0.15, -0.1) is 11.8 Å². The van der Waals surface area contributed by atoms with Gasteiger partial charge in [-0.2, -0.15) is 0 Å². The zero-order valence-corrected chi connectivity index (χ0v) is 19.8. The summed E-state index contributed by atoms with van der Waals surface area (Å²) in [5.41, 5.74) is 8.07. The summed E-state index contributed by atoms with van der Waals surface area (Å²) < 4.78 is 0. The molecule has 0 atom stereocenters. The number of nitrogens with one attached hydrogen (secondary N) is 2. The van der Waals surface area contributed by atoms with Crippen molar-refractivity contribution in [1.29, 1.82) is 0 Å². The first-order valence-corrected chi connectivity index (χ1v) is 11.5. The zero-order valence-electron chi connectivity index (χ0n) is 18.9. The lowest BCUT2D eigenvalue weighted by molar-refractivity contribution is -0.115. The smallest absolute Gasteiger partial charge is 0.272 e. The van der Waals surface area contributed by atoms with Crippen molar-refractivity contribution in [3.63, 3.8) is 0 Å². The highest BCUT2D eigenvalue weighted by Gasteiger charge is 2.15. The second-order valence-electron chi connectivity index (χ2n) is 7.60. The topological polar surface area (TPSA) is 105 Å². The standard InChI is InChI=1S/C26H26N4O3S/c1-30(2)21-12-8-18(9-13-21)16-23(29-25(32)19-6-4-3-5-7-19)26(33)28-20-10-14-22(15-11-20)34-17-24(27)31/h3-16H,17H2,1-2H3,(H2,27,31)(H,28,33)(H,29,32)/b23-16-. The molecule has 3 amide bonds. The molecule has 0 spiro atoms. The number of anilines is 2. The van der Waals surface area contributed by atoms with Crippen LogP contribution in [-0.4, -0.2) is 37.6 Å². The number of primary amides is 1. The molecule has 3 aromatic rings. The first-order valence-electron chi connectivity index (χ1n) is 10.5. The fraction of sp³-hybridized carbons (Fsp3) is 0.115. The van der Waals surface area contributed by atoms with Gasteiger partial charge in [-0.3, -0.25) is 14.4 Å². The van der Waals surface area contributed by atoms with Gasteiger partial charge in [0.2, 0.25) is 5.91 Å². The summed E-state index contributed by atoms with van der Waals surface area (Å²) in [4.78, 5) is 39.6. The van der Waals surface area contributed by atoms with Crippen molar-refractivity contribution in [3.05, 3.63) is 95.7 Å². The van der Waals surface area contributed by atoms with E-state index in [0.29, 0.717) is 11.3 Å². The summed E-state index contributed by atoms with van der Waals surface area (Å²) in [5, 5.41) is 5.54. The molecular weight excluding hydrogens is 448 g/mol. The molecule has 7 nitrogen and oxygen atoms in total. The molecule has 0 heterocycles. The maximum absolute atomic E-state index is 13.1. The Morgan fingerprint density at radius 3 is 2.15 bits per heavy atom. The lowest BCUT2D eigenvalue weighted by atomic mass is 10.1. The summed E-state index contributed by atoms with van der Waals surface area (Å²) in [6.07, 6.45) is 1.63. The minimum absolute atomic E-state index is 0.110. The Hall–Kier alpha value is -4.04. The molecule has 4 N–H and O–H groups in total. The van der Waals surface area contributed by atoms with Crippen molar-refractivity contribution in [2.75, 3.05) is 30.1 Å². The molecule has 8 heteroatoms. The molecule has 0 saturated carbocycles. The molecular formula is C26H26N4O3S. The largest absolute Gasteiger partial charge is 0.378 e. The number of hydrogen-bond donors (Lipinski definition) is 3. The van der Waals surface area contributed by atoms with E-state index >= 15 is 0 Å². The van der Waals surface area contributed by atoms with E-state index in [-0.39, 0.29) is 17.4 Å². The number of carbonyl (C=O) groups is 3. The van der Waals surface area contributed by atoms with E-state index in [2.05, 4.69) is 10.6 Å². The number of amides is 3. The third-order valence-electron chi connectivity index (χ3n) is 4.74. The number of thioether (sulfide) groups is 1. The van der Waals surface area contributed by atoms with Gasteiger partial charge in [0.1, 0.15) is 5.70 Å². The summed E-state index contributed by atoms with van der Waals surface area (Å²) in [7, 11) is 3.89. The molecule has 0 fully saturated rings. The van der Waals surface area contributed by atoms with Crippen molar-refractivity contribution in [1.82, 2.24) is 5.32 Å². The van der Waals surface area contributed by atoms with Crippen LogP contribution in [0.4, 0.5) is 11.4 Å². The van der Waals surface area contributed by atoms with Crippen LogP contribution >= 0.6 is 11.8 Å². The van der Waals surface area contributed by atoms with Gasteiger partial charge in [0, 0.05) is 35.9 Å². The maximum atomic E-state index is 13.1. The van der Waals surface area contributed by atoms with Gasteiger partial charge in [0.25, 0.3) is 11.8 Å². The highest BCUT2D eigenvalue weighted by molar-refractivity contribution is 8.00. The van der Waals surface area contributed by atoms with Crippen molar-refractivity contribution in [2.24, 2.45) is 5.73 Å². The van der Waals surface area contributed by atoms with Crippen LogP contribution in [-0.2, 0) is 9.59 Å². The average molecular weight is 475 g/mol. The second kappa shape index (κ2) is 11.7. The molecule has 0 aliphatic heterocycles. The molecule has 0 aromatic heterocycles. The molecule has 0 saturated heterocycles. The molecule has 0 aliphatic rings. The number of benzene rings is 3. The summed E-state index contributed by atoms with van der Waals surface area (Å²) in [5.74, 6) is -1.06. The Morgan fingerprint density at radius 2 is 1.56 bits per heavy atom. The second-order valence-corrected chi connectivity index (χ2v) is 8.65. The van der Waals surface area contributed by atoms with E-state index in [1.54, 1.807) is 54.6 Å². The number of hydrogen-bond acceptors (Lipinski definition) is 5. The van der Waals surface area contributed by atoms with E-state index < -0.39 is 11.8 Å². The van der Waals surface area contributed by atoms with Crippen LogP contribution < -0.4 is 21.3 Å². The van der Waals surface area contributed by atoms with Gasteiger partial charge in [-0.1, -0.05) is 30.3 Å². The summed E-state index contributed by atoms with van der Waals surface area (Å²) in [6, 6.07) is 23.3. The van der Waals surface area contributed by atoms with Crippen molar-refractivity contribution >= 4 is 46.9 Å². The molecule has 3 rings (SSSR count). The van der Waals surface area contributed by atoms with Gasteiger partial charge in [0.15, 0.2) is 0 Å². The minimum atomic E-state index is -0.460. The quantitative estimate of drug-likeness (QED) is 0.324. The van der Waals surface area contributed by atoms with Crippen LogP contribution in [0.3, 0.4) is 0 Å². The van der Waals surface area contributed by atoms with Gasteiger partial charge in [0.05, 0.1) is 5.75 Å². The van der Waals surface area contributed by atoms with Crippen LogP contribution in [0.5, 0.6) is 0 Å². The number of nitrogens with two attached hydrogens (primary N) is 1. The van der Waals surface area contributed by atoms with E-state index in [1.165, 1.54) is 11.8 Å². The van der Waals surface area contributed by atoms with Crippen molar-refractivity contribution in [2.45, 2.75) is 4.90 Å². The summed E-state index contributed by atoms with van der Waals surface area (Å²) in [6.45, 7) is 0. The van der Waals surface area contributed by atoms with Crippen molar-refractivity contribution < 1.29 is 14.4 Å². The highest BCUT2D eigenvalue weighted by atomic mass is 32.2. The Labute approximate surface area is 203 Å². The predicted octanol–water partition coefficient (Wildman–Crippen LogP) is 3.74. The molecule has 3 aromatic carbocycles. The van der Waals surface area contributed by atoms with Crippen LogP contribution in [0, 0.1) is 0 Å². The van der Waals surface area contributed by atoms with E-state index in [1.807, 2.05) is 49.3 Å². The predicted molar refractivity (Wildman–Crippen MR) is 138 cm³/mol. The SMILES string of the molecule is CN(C)c1ccc(/C=C(\NC(=O)c2ccccc2)C(=O)Nc2ccc(SCC(N)=O)cc2)cc1. The monoisotopic (exact) mass is 474 g/mol. The Bertz CT molecular complexity index is 1170. The maximum Gasteiger partial charge on any atom is 0.272 e. The first-order chi connectivity index (χ1) is 16.3. The first kappa shape index (κ1) is 24.6. The van der Waals surface area contributed by atoms with E-state index in [0.717, 1.165) is 16.1 Å². The van der Waals surface area contributed by atoms with Crippen molar-refractivity contribution in [3.8, 4) is 0 Å². The molecule has 34 heavy (non-hydrogen) atoms. The van der Waals surface area contributed by atoms with Gasteiger partial charge in [-0.25, -0.2) is 0 Å². The van der Waals surface area contributed by atoms with Crippen LogP contribution in [0.25, 0.3) is 6.08 Å². The fourth-order valence-electron chi connectivity index (χ4n) is 2.97. The van der Waals surface area contributed by atoms with E-state index in [9.17, 15) is 14.4 Å². The zero-order chi connectivity index (χ0) is 24.5. The normalized spacial score (nSPS) is 10.9. The van der Waals surface area contributed by atoms with E-state index in [4.69, 9.17) is 5.73 Å². The van der Waals surface area contributed by atoms with Gasteiger partial charge in [-0.05, 0) is 60.2 Å². The Balaban J connectivity index is 1.81. The Kier molecular flexibility index (Phi) is 8.48. The molecule has 0 radical (unpaired) electrons. The molecule has 0 bridgehead atoms. The lowest BCUT2D eigenvalue weighted by Gasteiger charge is -2.13. The highest BCUT2D eigenvalue weighted by Crippen LogP contribution is 2.21. The van der Waals surface area contributed by atoms with Gasteiger partial charge < -0.3 is 21.3 Å². The lowest BCUT2D eigenvalue weighted by Crippen LogP contribution is -2.30. The number of nitrogens with zero attached hydrogens (tertiary/aromatic N) is 1. The molecule has 0 unspecified atom stereocenters. The number of carbonyl (C=O) groups excluding carboxylic acids is 3. The van der Waals surface area contributed by atoms with Crippen LogP contribution in [0.15, 0.2) is 89.5 Å². The molecule has 0 aliphatic carbocycles. The summed E-state index contributed by atoms with van der Waals surface area (Å²) >= 11 is 1.31.